The molecule has 0 amide bonds. The van der Waals surface area contributed by atoms with Crippen LogP contribution in [0.5, 0.6) is 0 Å². The maximum absolute atomic E-state index is 5.24. The van der Waals surface area contributed by atoms with Crippen LogP contribution in [0.2, 0.25) is 19.6 Å². The van der Waals surface area contributed by atoms with Crippen molar-refractivity contribution in [3.8, 4) is 0 Å². The predicted octanol–water partition coefficient (Wildman–Crippen LogP) is -0.306. The second-order valence-corrected chi connectivity index (χ2v) is 7.60. The van der Waals surface area contributed by atoms with Crippen molar-refractivity contribution >= 4 is 13.9 Å². The molecular formula is C4H12NSi+. The summed E-state index contributed by atoms with van der Waals surface area (Å²) in [6.07, 6.45) is 0. The maximum atomic E-state index is 5.24. The Morgan fingerprint density at radius 3 is 1.50 bits per heavy atom. The molecule has 0 unspecified atom stereocenters. The van der Waals surface area contributed by atoms with Crippen molar-refractivity contribution in [1.29, 1.82) is 0 Å². The van der Waals surface area contributed by atoms with E-state index in [0.717, 1.165) is 0 Å². The zero-order valence-corrected chi connectivity index (χ0v) is 5.65. The molecule has 2 heteroatoms. The van der Waals surface area contributed by atoms with Gasteiger partial charge in [-0.2, -0.15) is 0 Å². The Labute approximate surface area is 39.9 Å². The number of nitrogens with two attached hydrogens (primary N) is 1. The number of hydrogen-bond acceptors (Lipinski definition) is 0. The first kappa shape index (κ1) is 5.89. The molecule has 1 nitrogen and oxygen atoms in total. The summed E-state index contributed by atoms with van der Waals surface area (Å²) in [5.74, 6) is 1.83. The van der Waals surface area contributed by atoms with E-state index < -0.39 is 8.07 Å². The van der Waals surface area contributed by atoms with Gasteiger partial charge in [0.2, 0.25) is 0 Å². The predicted molar refractivity (Wildman–Crippen MR) is 31.3 cm³/mol. The molecule has 0 aliphatic heterocycles. The lowest BCUT2D eigenvalue weighted by Crippen LogP contribution is -2.43. The summed E-state index contributed by atoms with van der Waals surface area (Å²) in [4.78, 5) is 0. The van der Waals surface area contributed by atoms with Crippen molar-refractivity contribution in [3.63, 3.8) is 0 Å². The van der Waals surface area contributed by atoms with Crippen LogP contribution in [0.25, 0.3) is 0 Å². The summed E-state index contributed by atoms with van der Waals surface area (Å²) in [7, 11) is -0.978. The minimum atomic E-state index is -0.978. The second-order valence-electron chi connectivity index (χ2n) is 2.53. The smallest absolute Gasteiger partial charge is 0.148 e. The summed E-state index contributed by atoms with van der Waals surface area (Å²) in [5, 5.41) is 5.24. The van der Waals surface area contributed by atoms with Crippen molar-refractivity contribution < 1.29 is 5.41 Å². The molecule has 0 aromatic rings. The molecule has 6 heavy (non-hydrogen) atoms. The molecule has 2 N–H and O–H groups in total. The minimum Gasteiger partial charge on any atom is -0.269 e. The fourth-order valence-corrected chi connectivity index (χ4v) is 0. The van der Waals surface area contributed by atoms with Gasteiger partial charge < -0.3 is 0 Å². The summed E-state index contributed by atoms with van der Waals surface area (Å²) in [5.41, 5.74) is 0. The molecule has 0 aromatic carbocycles. The van der Waals surface area contributed by atoms with Crippen molar-refractivity contribution in [2.45, 2.75) is 19.6 Å². The van der Waals surface area contributed by atoms with Gasteiger partial charge in [-0.25, -0.2) is 0 Å². The molecule has 0 rings (SSSR count). The first-order valence-electron chi connectivity index (χ1n) is 2.12. The summed E-state index contributed by atoms with van der Waals surface area (Å²) in [6.45, 7) is 6.60. The highest BCUT2D eigenvalue weighted by Crippen LogP contribution is 1.90. The molecule has 0 atom stereocenters. The first-order valence-corrected chi connectivity index (χ1v) is 5.70. The molecule has 0 bridgehead atoms. The van der Waals surface area contributed by atoms with E-state index in [9.17, 15) is 0 Å². The van der Waals surface area contributed by atoms with Crippen LogP contribution in [-0.2, 0) is 0 Å². The zero-order valence-electron chi connectivity index (χ0n) is 4.65. The van der Waals surface area contributed by atoms with Crippen molar-refractivity contribution in [3.05, 3.63) is 0 Å². The Morgan fingerprint density at radius 1 is 1.33 bits per heavy atom. The van der Waals surface area contributed by atoms with Crippen LogP contribution in [-0.4, -0.2) is 13.9 Å². The molecule has 0 aliphatic rings. The van der Waals surface area contributed by atoms with Gasteiger partial charge in [0.25, 0.3) is 0 Å². The fraction of sp³-hybridized carbons (Fsp3) is 0.750. The first-order chi connectivity index (χ1) is 2.56. The van der Waals surface area contributed by atoms with Gasteiger partial charge in [0.15, 0.2) is 0 Å². The molecule has 0 aromatic heterocycles. The summed E-state index contributed by atoms with van der Waals surface area (Å²) >= 11 is 0. The van der Waals surface area contributed by atoms with E-state index in [4.69, 9.17) is 5.41 Å². The lowest BCUT2D eigenvalue weighted by atomic mass is 11.7. The minimum absolute atomic E-state index is 0.978. The van der Waals surface area contributed by atoms with Gasteiger partial charge in [0.1, 0.15) is 13.9 Å². The van der Waals surface area contributed by atoms with E-state index in [2.05, 4.69) is 19.6 Å². The molecule has 0 fully saturated rings. The largest absolute Gasteiger partial charge is 0.269 e. The van der Waals surface area contributed by atoms with Gasteiger partial charge in [-0.3, -0.25) is 5.41 Å². The standard InChI is InChI=1S/C4H11NSi/c1-6(2,3)4-5/h4-5H,1-3H3/p+1. The van der Waals surface area contributed by atoms with Gasteiger partial charge in [-0.1, -0.05) is 19.6 Å². The van der Waals surface area contributed by atoms with Crippen LogP contribution >= 0.6 is 0 Å². The topological polar surface area (TPSA) is 25.6 Å². The monoisotopic (exact) mass is 102 g/mol. The lowest BCUT2D eigenvalue weighted by Gasteiger charge is -1.97. The van der Waals surface area contributed by atoms with Gasteiger partial charge >= 0.3 is 0 Å². The van der Waals surface area contributed by atoms with Gasteiger partial charge in [-0.05, 0) is 0 Å². The van der Waals surface area contributed by atoms with Crippen LogP contribution in [0.15, 0.2) is 0 Å². The fourth-order valence-electron chi connectivity index (χ4n) is 0. The summed E-state index contributed by atoms with van der Waals surface area (Å²) in [6, 6.07) is 0. The van der Waals surface area contributed by atoms with Crippen LogP contribution in [0, 0.1) is 0 Å². The highest BCUT2D eigenvalue weighted by molar-refractivity contribution is 6.98. The molecule has 0 aliphatic carbocycles. The van der Waals surface area contributed by atoms with Crippen molar-refractivity contribution in [2.75, 3.05) is 0 Å². The molecular weight excluding hydrogens is 90.1 g/mol. The SMILES string of the molecule is C[Si](C)(C)C=[NH2+]. The van der Waals surface area contributed by atoms with E-state index in [1.165, 1.54) is 0 Å². The maximum Gasteiger partial charge on any atom is 0.148 e. The number of rotatable bonds is 1. The van der Waals surface area contributed by atoms with Crippen molar-refractivity contribution in [2.24, 2.45) is 0 Å². The van der Waals surface area contributed by atoms with E-state index in [0.29, 0.717) is 0 Å². The average molecular weight is 102 g/mol. The molecule has 0 spiro atoms. The van der Waals surface area contributed by atoms with E-state index >= 15 is 0 Å². The van der Waals surface area contributed by atoms with Crippen LogP contribution < -0.4 is 5.41 Å². The average Bonchev–Trinajstić information content (AvgIpc) is 1.35. The quantitative estimate of drug-likeness (QED) is 0.347. The number of hydrogen-bond donors (Lipinski definition) is 1. The summed E-state index contributed by atoms with van der Waals surface area (Å²) < 4.78 is 0. The normalized spacial score (nSPS) is 11.2. The van der Waals surface area contributed by atoms with Gasteiger partial charge in [-0.15, -0.1) is 0 Å². The third-order valence-electron chi connectivity index (χ3n) is 0.500. The Balaban J connectivity index is 3.45. The van der Waals surface area contributed by atoms with Crippen LogP contribution in [0.1, 0.15) is 0 Å². The molecule has 0 heterocycles. The Morgan fingerprint density at radius 2 is 1.50 bits per heavy atom. The Hall–Kier alpha value is -0.113. The van der Waals surface area contributed by atoms with Crippen LogP contribution in [0.4, 0.5) is 0 Å². The Bertz CT molecular complexity index is 53.1. The highest BCUT2D eigenvalue weighted by Gasteiger charge is 2.10. The molecule has 0 saturated heterocycles. The third-order valence-corrected chi connectivity index (χ3v) is 1.50. The molecule has 36 valence electrons. The zero-order chi connectivity index (χ0) is 5.21. The molecule has 0 saturated carbocycles. The van der Waals surface area contributed by atoms with E-state index in [1.807, 2.05) is 5.84 Å². The highest BCUT2D eigenvalue weighted by atomic mass is 28.3. The van der Waals surface area contributed by atoms with E-state index in [-0.39, 0.29) is 0 Å². The third kappa shape index (κ3) is 3.89. The Kier molecular flexibility index (Phi) is 1.53. The van der Waals surface area contributed by atoms with Gasteiger partial charge in [0, 0.05) is 0 Å². The lowest BCUT2D eigenvalue weighted by molar-refractivity contribution is -0.102. The molecule has 0 radical (unpaired) electrons. The van der Waals surface area contributed by atoms with E-state index in [1.54, 1.807) is 0 Å². The second kappa shape index (κ2) is 1.56. The van der Waals surface area contributed by atoms with Crippen LogP contribution in [0.3, 0.4) is 0 Å². The van der Waals surface area contributed by atoms with Crippen molar-refractivity contribution in [1.82, 2.24) is 0 Å². The van der Waals surface area contributed by atoms with Gasteiger partial charge in [0.05, 0.1) is 0 Å².